The molecule has 0 saturated carbocycles. The molecule has 0 fully saturated rings. The number of hydrogen-bond acceptors (Lipinski definition) is 4. The van der Waals surface area contributed by atoms with Crippen LogP contribution in [0.3, 0.4) is 0 Å². The van der Waals surface area contributed by atoms with Crippen molar-refractivity contribution in [2.24, 2.45) is 5.84 Å². The molecule has 0 saturated heterocycles. The van der Waals surface area contributed by atoms with E-state index in [2.05, 4.69) is 41.6 Å². The van der Waals surface area contributed by atoms with E-state index in [4.69, 9.17) is 5.84 Å². The maximum absolute atomic E-state index is 5.67. The van der Waals surface area contributed by atoms with Crippen LogP contribution in [0.2, 0.25) is 0 Å². The normalized spacial score (nSPS) is 12.5. The van der Waals surface area contributed by atoms with Crippen LogP contribution in [0.15, 0.2) is 36.7 Å². The van der Waals surface area contributed by atoms with Crippen molar-refractivity contribution >= 4 is 11.3 Å². The van der Waals surface area contributed by atoms with Crippen molar-refractivity contribution in [2.45, 2.75) is 38.6 Å². The number of aryl methyl sites for hydroxylation is 2. The molecule has 0 aromatic carbocycles. The summed E-state index contributed by atoms with van der Waals surface area (Å²) in [5.41, 5.74) is 4.25. The quantitative estimate of drug-likeness (QED) is 0.603. The Kier molecular flexibility index (Phi) is 5.51. The predicted octanol–water partition coefficient (Wildman–Crippen LogP) is 2.71. The van der Waals surface area contributed by atoms with E-state index in [-0.39, 0.29) is 0 Å². The zero-order valence-corrected chi connectivity index (χ0v) is 12.1. The number of rotatable bonds is 7. The van der Waals surface area contributed by atoms with Crippen LogP contribution in [0, 0.1) is 0 Å². The summed E-state index contributed by atoms with van der Waals surface area (Å²) in [5, 5.41) is 0. The van der Waals surface area contributed by atoms with Crippen molar-refractivity contribution < 1.29 is 0 Å². The van der Waals surface area contributed by atoms with Gasteiger partial charge in [-0.05, 0) is 55.5 Å². The van der Waals surface area contributed by atoms with E-state index in [9.17, 15) is 0 Å². The van der Waals surface area contributed by atoms with Gasteiger partial charge in [0.15, 0.2) is 0 Å². The Bertz CT molecular complexity index is 481. The van der Waals surface area contributed by atoms with E-state index >= 15 is 0 Å². The largest absolute Gasteiger partial charge is 0.271 e. The van der Waals surface area contributed by atoms with Gasteiger partial charge in [-0.2, -0.15) is 0 Å². The lowest BCUT2D eigenvalue weighted by molar-refractivity contribution is 0.494. The van der Waals surface area contributed by atoms with E-state index in [1.54, 1.807) is 0 Å². The van der Waals surface area contributed by atoms with Gasteiger partial charge in [-0.25, -0.2) is 0 Å². The smallest absolute Gasteiger partial charge is 0.0270 e. The number of nitrogens with zero attached hydrogens (tertiary/aromatic N) is 1. The van der Waals surface area contributed by atoms with Crippen LogP contribution in [0.5, 0.6) is 0 Å². The van der Waals surface area contributed by atoms with Gasteiger partial charge in [0, 0.05) is 28.2 Å². The third kappa shape index (κ3) is 4.42. The average molecular weight is 275 g/mol. The molecular formula is C15H21N3S. The van der Waals surface area contributed by atoms with Gasteiger partial charge in [0.05, 0.1) is 0 Å². The van der Waals surface area contributed by atoms with Crippen LogP contribution in [0.25, 0.3) is 0 Å². The molecule has 0 aliphatic carbocycles. The lowest BCUT2D eigenvalue weighted by Crippen LogP contribution is -2.36. The fourth-order valence-corrected chi connectivity index (χ4v) is 3.14. The number of thiophene rings is 1. The Morgan fingerprint density at radius 2 is 1.95 bits per heavy atom. The van der Waals surface area contributed by atoms with E-state index < -0.39 is 0 Å². The Labute approximate surface area is 118 Å². The van der Waals surface area contributed by atoms with Crippen LogP contribution < -0.4 is 11.3 Å². The fraction of sp³-hybridized carbons (Fsp3) is 0.400. The summed E-state index contributed by atoms with van der Waals surface area (Å²) in [7, 11) is 0. The molecule has 1 unspecified atom stereocenters. The van der Waals surface area contributed by atoms with Gasteiger partial charge in [-0.1, -0.05) is 6.92 Å². The van der Waals surface area contributed by atoms with E-state index in [0.717, 1.165) is 25.7 Å². The second kappa shape index (κ2) is 7.38. The molecular weight excluding hydrogens is 254 g/mol. The number of nitrogens with two attached hydrogens (primary N) is 1. The molecule has 1 atom stereocenters. The van der Waals surface area contributed by atoms with Crippen molar-refractivity contribution in [1.82, 2.24) is 10.4 Å². The summed E-state index contributed by atoms with van der Waals surface area (Å²) in [6.45, 7) is 2.19. The molecule has 19 heavy (non-hydrogen) atoms. The molecule has 3 N–H and O–H groups in total. The Hall–Kier alpha value is -1.23. The highest BCUT2D eigenvalue weighted by atomic mass is 32.1. The molecule has 0 amide bonds. The van der Waals surface area contributed by atoms with Gasteiger partial charge in [-0.15, -0.1) is 11.3 Å². The molecule has 0 bridgehead atoms. The van der Waals surface area contributed by atoms with Crippen LogP contribution in [-0.4, -0.2) is 11.0 Å². The lowest BCUT2D eigenvalue weighted by atomic mass is 10.0. The monoisotopic (exact) mass is 275 g/mol. The molecule has 0 spiro atoms. The van der Waals surface area contributed by atoms with Crippen molar-refractivity contribution in [3.63, 3.8) is 0 Å². The Morgan fingerprint density at radius 3 is 2.58 bits per heavy atom. The average Bonchev–Trinajstić information content (AvgIpc) is 2.92. The van der Waals surface area contributed by atoms with Gasteiger partial charge >= 0.3 is 0 Å². The molecule has 0 aliphatic heterocycles. The first-order chi connectivity index (χ1) is 9.31. The number of nitrogens with one attached hydrogen (secondary N) is 1. The second-order valence-corrected chi connectivity index (χ2v) is 5.94. The molecule has 2 aromatic rings. The first kappa shape index (κ1) is 14.2. The molecule has 2 rings (SSSR count). The number of pyridine rings is 1. The summed E-state index contributed by atoms with van der Waals surface area (Å²) in [6.07, 6.45) is 7.87. The van der Waals surface area contributed by atoms with Crippen molar-refractivity contribution in [2.75, 3.05) is 0 Å². The van der Waals surface area contributed by atoms with Crippen molar-refractivity contribution in [3.8, 4) is 0 Å². The zero-order valence-electron chi connectivity index (χ0n) is 11.3. The van der Waals surface area contributed by atoms with Gasteiger partial charge < -0.3 is 0 Å². The lowest BCUT2D eigenvalue weighted by Gasteiger charge is -2.14. The van der Waals surface area contributed by atoms with Gasteiger partial charge in [0.2, 0.25) is 0 Å². The highest BCUT2D eigenvalue weighted by Gasteiger charge is 2.09. The van der Waals surface area contributed by atoms with Crippen molar-refractivity contribution in [3.05, 3.63) is 52.0 Å². The molecule has 102 valence electrons. The van der Waals surface area contributed by atoms with E-state index in [1.807, 2.05) is 23.7 Å². The molecule has 2 aromatic heterocycles. The van der Waals surface area contributed by atoms with E-state index in [0.29, 0.717) is 6.04 Å². The molecule has 0 aliphatic rings. The summed E-state index contributed by atoms with van der Waals surface area (Å²) in [5.74, 6) is 5.67. The third-order valence-electron chi connectivity index (χ3n) is 3.28. The molecule has 4 heteroatoms. The maximum atomic E-state index is 5.67. The standard InChI is InChI=1S/C15H21N3S/c1-2-14-5-6-15(19-14)11-13(18-16)4-3-12-7-9-17-10-8-12/h5-10,13,18H,2-4,11,16H2,1H3. The minimum atomic E-state index is 0.330. The maximum Gasteiger partial charge on any atom is 0.0270 e. The minimum absolute atomic E-state index is 0.330. The van der Waals surface area contributed by atoms with Crippen LogP contribution in [0.1, 0.15) is 28.7 Å². The summed E-state index contributed by atoms with van der Waals surface area (Å²) in [4.78, 5) is 6.89. The number of hydrogen-bond donors (Lipinski definition) is 2. The topological polar surface area (TPSA) is 50.9 Å². The first-order valence-electron chi connectivity index (χ1n) is 6.74. The minimum Gasteiger partial charge on any atom is -0.271 e. The first-order valence-corrected chi connectivity index (χ1v) is 7.56. The zero-order chi connectivity index (χ0) is 13.5. The summed E-state index contributed by atoms with van der Waals surface area (Å²) < 4.78 is 0. The highest BCUT2D eigenvalue weighted by molar-refractivity contribution is 7.11. The predicted molar refractivity (Wildman–Crippen MR) is 81.1 cm³/mol. The highest BCUT2D eigenvalue weighted by Crippen LogP contribution is 2.19. The van der Waals surface area contributed by atoms with Crippen molar-refractivity contribution in [1.29, 1.82) is 0 Å². The number of aromatic nitrogens is 1. The third-order valence-corrected chi connectivity index (χ3v) is 4.53. The molecule has 0 radical (unpaired) electrons. The number of hydrazine groups is 1. The Balaban J connectivity index is 1.86. The Morgan fingerprint density at radius 1 is 1.21 bits per heavy atom. The SMILES string of the molecule is CCc1ccc(CC(CCc2ccncc2)NN)s1. The fourth-order valence-electron chi connectivity index (χ4n) is 2.10. The molecule has 3 nitrogen and oxygen atoms in total. The van der Waals surface area contributed by atoms with Crippen LogP contribution >= 0.6 is 11.3 Å². The van der Waals surface area contributed by atoms with Crippen LogP contribution in [-0.2, 0) is 19.3 Å². The van der Waals surface area contributed by atoms with Gasteiger partial charge in [0.1, 0.15) is 0 Å². The summed E-state index contributed by atoms with van der Waals surface area (Å²) in [6, 6.07) is 8.90. The molecule has 2 heterocycles. The van der Waals surface area contributed by atoms with E-state index in [1.165, 1.54) is 15.3 Å². The van der Waals surface area contributed by atoms with Crippen LogP contribution in [0.4, 0.5) is 0 Å². The second-order valence-electron chi connectivity index (χ2n) is 4.68. The summed E-state index contributed by atoms with van der Waals surface area (Å²) >= 11 is 1.89. The van der Waals surface area contributed by atoms with Gasteiger partial charge in [0.25, 0.3) is 0 Å². The van der Waals surface area contributed by atoms with Gasteiger partial charge in [-0.3, -0.25) is 16.3 Å².